The molecule has 1 aromatic carbocycles. The third-order valence-corrected chi connectivity index (χ3v) is 5.27. The van der Waals surface area contributed by atoms with Crippen LogP contribution in [0.4, 0.5) is 5.69 Å². The van der Waals surface area contributed by atoms with Crippen molar-refractivity contribution >= 4 is 11.6 Å². The highest BCUT2D eigenvalue weighted by Gasteiger charge is 2.16. The molecule has 7 heteroatoms. The Hall–Kier alpha value is -2.54. The van der Waals surface area contributed by atoms with Crippen LogP contribution in [0.1, 0.15) is 18.5 Å². The Bertz CT molecular complexity index is 717. The second-order valence-electron chi connectivity index (χ2n) is 7.17. The van der Waals surface area contributed by atoms with Crippen LogP contribution in [0.5, 0.6) is 0 Å². The molecule has 1 aliphatic rings. The van der Waals surface area contributed by atoms with Gasteiger partial charge in [-0.2, -0.15) is 5.10 Å². The Morgan fingerprint density at radius 3 is 2.50 bits per heavy atom. The monoisotopic (exact) mass is 383 g/mol. The zero-order valence-corrected chi connectivity index (χ0v) is 17.1. The van der Waals surface area contributed by atoms with Crippen molar-refractivity contribution in [1.82, 2.24) is 25.3 Å². The highest BCUT2D eigenvalue weighted by molar-refractivity contribution is 5.79. The topological polar surface area (TPSA) is 60.7 Å². The summed E-state index contributed by atoms with van der Waals surface area (Å²) in [7, 11) is 3.76. The van der Waals surface area contributed by atoms with Crippen molar-refractivity contribution in [3.05, 3.63) is 48.3 Å². The molecule has 2 aromatic rings. The first kappa shape index (κ1) is 20.2. The summed E-state index contributed by atoms with van der Waals surface area (Å²) in [4.78, 5) is 9.35. The maximum Gasteiger partial charge on any atom is 0.191 e. The fourth-order valence-electron chi connectivity index (χ4n) is 3.51. The van der Waals surface area contributed by atoms with E-state index < -0.39 is 0 Å². The van der Waals surface area contributed by atoms with Crippen LogP contribution in [0.15, 0.2) is 47.6 Å². The van der Waals surface area contributed by atoms with Crippen LogP contribution >= 0.6 is 0 Å². The summed E-state index contributed by atoms with van der Waals surface area (Å²) in [5.74, 6) is 0.845. The third-order valence-electron chi connectivity index (χ3n) is 5.27. The number of unbranched alkanes of at least 4 members (excludes halogenated alkanes) is 1. The van der Waals surface area contributed by atoms with Crippen molar-refractivity contribution in [2.24, 2.45) is 12.0 Å². The van der Waals surface area contributed by atoms with E-state index in [4.69, 9.17) is 0 Å². The lowest BCUT2D eigenvalue weighted by molar-refractivity contribution is 0.253. The fraction of sp³-hybridized carbons (Fsp3) is 0.524. The molecule has 0 bridgehead atoms. The summed E-state index contributed by atoms with van der Waals surface area (Å²) in [6.45, 7) is 7.37. The van der Waals surface area contributed by atoms with E-state index in [-0.39, 0.29) is 0 Å². The number of aliphatic imine (C=N–C) groups is 1. The number of nitrogens with one attached hydrogen (secondary N) is 2. The van der Waals surface area contributed by atoms with Gasteiger partial charge in [-0.1, -0.05) is 18.2 Å². The van der Waals surface area contributed by atoms with E-state index in [1.165, 1.54) is 18.7 Å². The summed E-state index contributed by atoms with van der Waals surface area (Å²) in [6, 6.07) is 12.7. The number of guanidine groups is 1. The highest BCUT2D eigenvalue weighted by Crippen LogP contribution is 2.15. The van der Waals surface area contributed by atoms with E-state index in [0.29, 0.717) is 0 Å². The Morgan fingerprint density at radius 1 is 1.04 bits per heavy atom. The molecule has 0 aliphatic carbocycles. The second-order valence-corrected chi connectivity index (χ2v) is 7.17. The first-order valence-electron chi connectivity index (χ1n) is 10.2. The molecule has 1 aliphatic heterocycles. The molecule has 2 heterocycles. The van der Waals surface area contributed by atoms with Gasteiger partial charge in [0.1, 0.15) is 0 Å². The standard InChI is InChI=1S/C21H33N7/c1-22-21(24-18-20-10-12-25-26(20)2)23-11-6-7-13-27-14-16-28(17-15-27)19-8-4-3-5-9-19/h3-5,8-10,12H,6-7,11,13-18H2,1-2H3,(H2,22,23,24). The molecule has 1 saturated heterocycles. The number of hydrogen-bond donors (Lipinski definition) is 2. The van der Waals surface area contributed by atoms with E-state index in [9.17, 15) is 0 Å². The minimum Gasteiger partial charge on any atom is -0.369 e. The van der Waals surface area contributed by atoms with E-state index >= 15 is 0 Å². The van der Waals surface area contributed by atoms with Gasteiger partial charge in [-0.05, 0) is 37.6 Å². The molecule has 28 heavy (non-hydrogen) atoms. The highest BCUT2D eigenvalue weighted by atomic mass is 15.3. The number of nitrogens with zero attached hydrogens (tertiary/aromatic N) is 5. The lowest BCUT2D eigenvalue weighted by atomic mass is 10.2. The van der Waals surface area contributed by atoms with Crippen LogP contribution in [-0.2, 0) is 13.6 Å². The van der Waals surface area contributed by atoms with E-state index in [1.807, 2.05) is 31.0 Å². The number of piperazine rings is 1. The van der Waals surface area contributed by atoms with Crippen LogP contribution in [0, 0.1) is 0 Å². The molecule has 0 saturated carbocycles. The molecule has 0 unspecified atom stereocenters. The molecular formula is C21H33N7. The Labute approximate surface area is 168 Å². The Morgan fingerprint density at radius 2 is 1.82 bits per heavy atom. The predicted octanol–water partition coefficient (Wildman–Crippen LogP) is 1.69. The van der Waals surface area contributed by atoms with Gasteiger partial charge in [-0.3, -0.25) is 14.6 Å². The van der Waals surface area contributed by atoms with Crippen LogP contribution in [0.2, 0.25) is 0 Å². The van der Waals surface area contributed by atoms with E-state index in [0.717, 1.165) is 57.3 Å². The zero-order valence-electron chi connectivity index (χ0n) is 17.1. The van der Waals surface area contributed by atoms with Gasteiger partial charge in [0.05, 0.1) is 12.2 Å². The minimum atomic E-state index is 0.724. The van der Waals surface area contributed by atoms with Gasteiger partial charge in [0.15, 0.2) is 5.96 Å². The number of benzene rings is 1. The van der Waals surface area contributed by atoms with Gasteiger partial charge < -0.3 is 15.5 Å². The largest absolute Gasteiger partial charge is 0.369 e. The maximum absolute atomic E-state index is 4.29. The fourth-order valence-corrected chi connectivity index (χ4v) is 3.51. The quantitative estimate of drug-likeness (QED) is 0.413. The van der Waals surface area contributed by atoms with E-state index in [1.54, 1.807) is 0 Å². The van der Waals surface area contributed by atoms with Crippen molar-refractivity contribution < 1.29 is 0 Å². The van der Waals surface area contributed by atoms with Crippen LogP contribution < -0.4 is 15.5 Å². The number of aromatic nitrogens is 2. The molecule has 0 spiro atoms. The number of hydrogen-bond acceptors (Lipinski definition) is 4. The molecule has 1 fully saturated rings. The summed E-state index contributed by atoms with van der Waals surface area (Å²) in [5, 5.41) is 10.9. The molecule has 152 valence electrons. The van der Waals surface area contributed by atoms with Gasteiger partial charge in [-0.25, -0.2) is 0 Å². The molecular weight excluding hydrogens is 350 g/mol. The number of rotatable bonds is 8. The van der Waals surface area contributed by atoms with Crippen LogP contribution in [0.3, 0.4) is 0 Å². The number of anilines is 1. The average Bonchev–Trinajstić information content (AvgIpc) is 3.16. The Kier molecular flexibility index (Phi) is 7.72. The smallest absolute Gasteiger partial charge is 0.191 e. The summed E-state index contributed by atoms with van der Waals surface area (Å²) < 4.78 is 1.87. The van der Waals surface area contributed by atoms with Crippen LogP contribution in [0.25, 0.3) is 0 Å². The van der Waals surface area contributed by atoms with Gasteiger partial charge >= 0.3 is 0 Å². The average molecular weight is 384 g/mol. The summed E-state index contributed by atoms with van der Waals surface area (Å²) in [5.41, 5.74) is 2.48. The first-order chi connectivity index (χ1) is 13.8. The first-order valence-corrected chi connectivity index (χ1v) is 10.2. The predicted molar refractivity (Wildman–Crippen MR) is 116 cm³/mol. The van der Waals surface area contributed by atoms with Crippen molar-refractivity contribution in [2.45, 2.75) is 19.4 Å². The van der Waals surface area contributed by atoms with Gasteiger partial charge in [0, 0.05) is 58.7 Å². The SMILES string of the molecule is CN=C(NCCCCN1CCN(c2ccccc2)CC1)NCc1ccnn1C. The molecule has 0 amide bonds. The molecule has 3 rings (SSSR count). The molecule has 1 aromatic heterocycles. The van der Waals surface area contributed by atoms with Crippen molar-refractivity contribution in [1.29, 1.82) is 0 Å². The van der Waals surface area contributed by atoms with Gasteiger partial charge in [0.2, 0.25) is 0 Å². The molecule has 2 N–H and O–H groups in total. The van der Waals surface area contributed by atoms with Crippen molar-refractivity contribution in [2.75, 3.05) is 51.2 Å². The van der Waals surface area contributed by atoms with Gasteiger partial charge in [-0.15, -0.1) is 0 Å². The molecule has 0 radical (unpaired) electrons. The maximum atomic E-state index is 4.29. The number of aryl methyl sites for hydroxylation is 1. The van der Waals surface area contributed by atoms with Crippen LogP contribution in [-0.4, -0.2) is 67.0 Å². The van der Waals surface area contributed by atoms with Gasteiger partial charge in [0.25, 0.3) is 0 Å². The number of para-hydroxylation sites is 1. The van der Waals surface area contributed by atoms with E-state index in [2.05, 4.69) is 60.9 Å². The normalized spacial score (nSPS) is 15.6. The lowest BCUT2D eigenvalue weighted by Crippen LogP contribution is -2.46. The minimum absolute atomic E-state index is 0.724. The summed E-state index contributed by atoms with van der Waals surface area (Å²) >= 11 is 0. The molecule has 0 atom stereocenters. The Balaban J connectivity index is 1.26. The van der Waals surface area contributed by atoms with Crippen molar-refractivity contribution in [3.8, 4) is 0 Å². The third kappa shape index (κ3) is 5.99. The summed E-state index contributed by atoms with van der Waals surface area (Å²) in [6.07, 6.45) is 4.16. The second kappa shape index (κ2) is 10.7. The lowest BCUT2D eigenvalue weighted by Gasteiger charge is -2.36. The zero-order chi connectivity index (χ0) is 19.6. The van der Waals surface area contributed by atoms with Crippen molar-refractivity contribution in [3.63, 3.8) is 0 Å². The molecule has 7 nitrogen and oxygen atoms in total.